The van der Waals surface area contributed by atoms with Gasteiger partial charge in [0.15, 0.2) is 0 Å². The van der Waals surface area contributed by atoms with Crippen molar-refractivity contribution in [3.63, 3.8) is 0 Å². The van der Waals surface area contributed by atoms with Gasteiger partial charge < -0.3 is 14.9 Å². The van der Waals surface area contributed by atoms with Gasteiger partial charge in [0.25, 0.3) is 11.7 Å². The van der Waals surface area contributed by atoms with Crippen LogP contribution in [0.15, 0.2) is 54.2 Å². The van der Waals surface area contributed by atoms with Gasteiger partial charge in [-0.25, -0.2) is 0 Å². The van der Waals surface area contributed by atoms with Crippen molar-refractivity contribution in [2.24, 2.45) is 0 Å². The minimum absolute atomic E-state index is 0.0948. The number of Topliss-reactive ketones (excluding diaryl/α,β-unsaturated/α-hetero) is 1. The van der Waals surface area contributed by atoms with Crippen molar-refractivity contribution in [2.45, 2.75) is 19.4 Å². The molecule has 3 rings (SSSR count). The highest BCUT2D eigenvalue weighted by Crippen LogP contribution is 2.38. The van der Waals surface area contributed by atoms with Crippen LogP contribution in [0.3, 0.4) is 0 Å². The number of carbonyl (C=O) groups excluding carboxylic acids is 2. The zero-order valence-corrected chi connectivity index (χ0v) is 16.4. The number of benzene rings is 1. The summed E-state index contributed by atoms with van der Waals surface area (Å²) in [4.78, 5) is 33.5. The monoisotopic (exact) mass is 379 g/mol. The first-order valence-corrected chi connectivity index (χ1v) is 9.31. The molecule has 0 saturated carbocycles. The third-order valence-electron chi connectivity index (χ3n) is 4.84. The zero-order chi connectivity index (χ0) is 20.3. The Labute approximate surface area is 165 Å². The van der Waals surface area contributed by atoms with Gasteiger partial charge in [0, 0.05) is 18.3 Å². The van der Waals surface area contributed by atoms with Gasteiger partial charge in [0.1, 0.15) is 11.8 Å². The maximum Gasteiger partial charge on any atom is 0.295 e. The van der Waals surface area contributed by atoms with E-state index in [-0.39, 0.29) is 11.3 Å². The largest absolute Gasteiger partial charge is 0.507 e. The number of ketones is 1. The summed E-state index contributed by atoms with van der Waals surface area (Å²) in [6, 6.07) is 11.9. The van der Waals surface area contributed by atoms with E-state index in [1.807, 2.05) is 44.1 Å². The molecule has 1 saturated heterocycles. The molecule has 2 aromatic rings. The molecule has 1 amide bonds. The van der Waals surface area contributed by atoms with Crippen LogP contribution >= 0.6 is 0 Å². The van der Waals surface area contributed by atoms with E-state index in [1.54, 1.807) is 30.5 Å². The Morgan fingerprint density at radius 3 is 2.46 bits per heavy atom. The molecule has 1 N–H and O–H groups in total. The van der Waals surface area contributed by atoms with Gasteiger partial charge in [0.2, 0.25) is 0 Å². The van der Waals surface area contributed by atoms with E-state index in [9.17, 15) is 14.7 Å². The summed E-state index contributed by atoms with van der Waals surface area (Å²) in [6.45, 7) is 3.14. The molecule has 1 aromatic carbocycles. The SMILES string of the molecule is Cc1ccc(/C(O)=C2\C(=O)C(=O)N(CCCN(C)C)[C@H]2c2ccccn2)cc1. The van der Waals surface area contributed by atoms with Crippen LogP contribution in [0.4, 0.5) is 0 Å². The maximum atomic E-state index is 12.8. The summed E-state index contributed by atoms with van der Waals surface area (Å²) < 4.78 is 0. The fraction of sp³-hybridized carbons (Fsp3) is 0.318. The molecule has 6 heteroatoms. The molecule has 1 aliphatic heterocycles. The summed E-state index contributed by atoms with van der Waals surface area (Å²) in [6.07, 6.45) is 2.34. The van der Waals surface area contributed by atoms with Crippen LogP contribution in [0.1, 0.15) is 29.3 Å². The maximum absolute atomic E-state index is 12.8. The molecule has 0 aliphatic carbocycles. The lowest BCUT2D eigenvalue weighted by molar-refractivity contribution is -0.140. The van der Waals surface area contributed by atoms with E-state index in [0.29, 0.717) is 24.2 Å². The Hall–Kier alpha value is -2.99. The van der Waals surface area contributed by atoms with E-state index in [2.05, 4.69) is 4.98 Å². The van der Waals surface area contributed by atoms with Crippen LogP contribution in [-0.2, 0) is 9.59 Å². The molecule has 28 heavy (non-hydrogen) atoms. The summed E-state index contributed by atoms with van der Waals surface area (Å²) in [5.74, 6) is -1.43. The number of carbonyl (C=O) groups is 2. The molecule has 1 atom stereocenters. The normalized spacial score (nSPS) is 18.9. The third kappa shape index (κ3) is 3.97. The van der Waals surface area contributed by atoms with Crippen molar-refractivity contribution >= 4 is 17.4 Å². The van der Waals surface area contributed by atoms with Gasteiger partial charge in [0.05, 0.1) is 11.3 Å². The Balaban J connectivity index is 2.06. The average Bonchev–Trinajstić information content (AvgIpc) is 2.93. The van der Waals surface area contributed by atoms with E-state index in [0.717, 1.165) is 12.1 Å². The number of pyridine rings is 1. The molecule has 0 radical (unpaired) electrons. The molecule has 1 aliphatic rings. The summed E-state index contributed by atoms with van der Waals surface area (Å²) in [7, 11) is 3.92. The van der Waals surface area contributed by atoms with Gasteiger partial charge in [-0.05, 0) is 46.1 Å². The number of nitrogens with zero attached hydrogens (tertiary/aromatic N) is 3. The summed E-state index contributed by atoms with van der Waals surface area (Å²) >= 11 is 0. The van der Waals surface area contributed by atoms with E-state index in [4.69, 9.17) is 0 Å². The minimum atomic E-state index is -0.690. The second-order valence-electron chi connectivity index (χ2n) is 7.27. The van der Waals surface area contributed by atoms with Crippen LogP contribution < -0.4 is 0 Å². The van der Waals surface area contributed by atoms with Crippen LogP contribution in [0.2, 0.25) is 0 Å². The second-order valence-corrected chi connectivity index (χ2v) is 7.27. The quantitative estimate of drug-likeness (QED) is 0.475. The highest BCUT2D eigenvalue weighted by molar-refractivity contribution is 6.46. The van der Waals surface area contributed by atoms with Crippen LogP contribution in [-0.4, -0.2) is 58.8 Å². The number of hydrogen-bond acceptors (Lipinski definition) is 5. The number of aliphatic hydroxyl groups is 1. The molecule has 1 aromatic heterocycles. The average molecular weight is 379 g/mol. The second kappa shape index (κ2) is 8.35. The molecular formula is C22H25N3O3. The Morgan fingerprint density at radius 1 is 1.14 bits per heavy atom. The number of rotatable bonds is 6. The first kappa shape index (κ1) is 19.8. The van der Waals surface area contributed by atoms with Crippen LogP contribution in [0.25, 0.3) is 5.76 Å². The molecule has 2 heterocycles. The lowest BCUT2D eigenvalue weighted by atomic mass is 9.98. The van der Waals surface area contributed by atoms with E-state index < -0.39 is 17.7 Å². The Kier molecular flexibility index (Phi) is 5.90. The number of aryl methyl sites for hydroxylation is 1. The molecule has 0 spiro atoms. The van der Waals surface area contributed by atoms with E-state index in [1.165, 1.54) is 4.90 Å². The number of hydrogen-bond donors (Lipinski definition) is 1. The van der Waals surface area contributed by atoms with Crippen molar-refractivity contribution in [3.05, 3.63) is 71.1 Å². The van der Waals surface area contributed by atoms with Gasteiger partial charge in [-0.2, -0.15) is 0 Å². The first-order chi connectivity index (χ1) is 13.4. The fourth-order valence-corrected chi connectivity index (χ4v) is 3.38. The first-order valence-electron chi connectivity index (χ1n) is 9.31. The molecule has 0 unspecified atom stereocenters. The van der Waals surface area contributed by atoms with Crippen LogP contribution in [0.5, 0.6) is 0 Å². The number of amides is 1. The van der Waals surface area contributed by atoms with Crippen molar-refractivity contribution in [1.29, 1.82) is 0 Å². The van der Waals surface area contributed by atoms with Gasteiger partial charge in [-0.1, -0.05) is 35.9 Å². The topological polar surface area (TPSA) is 73.7 Å². The van der Waals surface area contributed by atoms with Crippen molar-refractivity contribution in [3.8, 4) is 0 Å². The lowest BCUT2D eigenvalue weighted by Crippen LogP contribution is -2.32. The third-order valence-corrected chi connectivity index (χ3v) is 4.84. The Morgan fingerprint density at radius 2 is 1.86 bits per heavy atom. The van der Waals surface area contributed by atoms with Crippen molar-refractivity contribution in [2.75, 3.05) is 27.2 Å². The molecular weight excluding hydrogens is 354 g/mol. The highest BCUT2D eigenvalue weighted by Gasteiger charge is 2.46. The molecule has 6 nitrogen and oxygen atoms in total. The standard InChI is InChI=1S/C22H25N3O3/c1-15-8-10-16(11-9-15)20(26)18-19(17-7-4-5-12-23-17)25(22(28)21(18)27)14-6-13-24(2)3/h4-5,7-12,19,26H,6,13-14H2,1-3H3/b20-18+/t19-/m0/s1. The van der Waals surface area contributed by atoms with Gasteiger partial charge >= 0.3 is 0 Å². The van der Waals surface area contributed by atoms with E-state index >= 15 is 0 Å². The molecule has 0 bridgehead atoms. The predicted molar refractivity (Wildman–Crippen MR) is 108 cm³/mol. The van der Waals surface area contributed by atoms with Gasteiger partial charge in [-0.3, -0.25) is 14.6 Å². The number of likely N-dealkylation sites (tertiary alicyclic amines) is 1. The van der Waals surface area contributed by atoms with Crippen molar-refractivity contribution < 1.29 is 14.7 Å². The summed E-state index contributed by atoms with van der Waals surface area (Å²) in [5.41, 5.74) is 2.22. The molecule has 1 fully saturated rings. The van der Waals surface area contributed by atoms with Crippen molar-refractivity contribution in [1.82, 2.24) is 14.8 Å². The predicted octanol–water partition coefficient (Wildman–Crippen LogP) is 2.76. The fourth-order valence-electron chi connectivity index (χ4n) is 3.38. The zero-order valence-electron chi connectivity index (χ0n) is 16.4. The number of aliphatic hydroxyl groups excluding tert-OH is 1. The highest BCUT2D eigenvalue weighted by atomic mass is 16.3. The summed E-state index contributed by atoms with van der Waals surface area (Å²) in [5, 5.41) is 10.9. The Bertz CT molecular complexity index is 889. The molecule has 146 valence electrons. The minimum Gasteiger partial charge on any atom is -0.507 e. The smallest absolute Gasteiger partial charge is 0.295 e. The van der Waals surface area contributed by atoms with Gasteiger partial charge in [-0.15, -0.1) is 0 Å². The number of aromatic nitrogens is 1. The van der Waals surface area contributed by atoms with Crippen LogP contribution in [0, 0.1) is 6.92 Å². The lowest BCUT2D eigenvalue weighted by Gasteiger charge is -2.25.